The van der Waals surface area contributed by atoms with Gasteiger partial charge in [0.15, 0.2) is 6.29 Å². The molecule has 1 aliphatic heterocycles. The lowest BCUT2D eigenvalue weighted by Gasteiger charge is -2.27. The van der Waals surface area contributed by atoms with Crippen LogP contribution < -0.4 is 0 Å². The van der Waals surface area contributed by atoms with Crippen molar-refractivity contribution in [1.29, 1.82) is 0 Å². The van der Waals surface area contributed by atoms with Crippen molar-refractivity contribution in [1.82, 2.24) is 0 Å². The van der Waals surface area contributed by atoms with Crippen molar-refractivity contribution in [2.24, 2.45) is 0 Å². The number of thiol groups is 1. The van der Waals surface area contributed by atoms with Crippen molar-refractivity contribution < 1.29 is 27.0 Å². The molecule has 0 N–H and O–H groups in total. The van der Waals surface area contributed by atoms with E-state index in [2.05, 4.69) is 12.6 Å². The molecule has 0 bridgehead atoms. The number of halogens is 4. The van der Waals surface area contributed by atoms with E-state index in [4.69, 9.17) is 9.47 Å². The molecular formula is C17H14F4O2S. The highest BCUT2D eigenvalue weighted by molar-refractivity contribution is 7.81. The van der Waals surface area contributed by atoms with Gasteiger partial charge >= 0.3 is 6.18 Å². The Morgan fingerprint density at radius 2 is 1.50 bits per heavy atom. The molecule has 1 heterocycles. The molecule has 0 unspecified atom stereocenters. The van der Waals surface area contributed by atoms with Crippen molar-refractivity contribution in [3.8, 4) is 11.1 Å². The fourth-order valence-corrected chi connectivity index (χ4v) is 2.62. The van der Waals surface area contributed by atoms with Crippen molar-refractivity contribution in [3.63, 3.8) is 0 Å². The van der Waals surface area contributed by atoms with Gasteiger partial charge in [-0.05, 0) is 23.3 Å². The van der Waals surface area contributed by atoms with E-state index in [0.717, 1.165) is 17.7 Å². The topological polar surface area (TPSA) is 18.5 Å². The first kappa shape index (κ1) is 17.3. The number of rotatable bonds is 2. The van der Waals surface area contributed by atoms with E-state index in [1.165, 1.54) is 6.07 Å². The molecule has 0 aromatic heterocycles. The van der Waals surface area contributed by atoms with Crippen LogP contribution in [0.4, 0.5) is 17.6 Å². The Labute approximate surface area is 141 Å². The second kappa shape index (κ2) is 6.74. The van der Waals surface area contributed by atoms with Crippen molar-refractivity contribution >= 4 is 12.6 Å². The SMILES string of the molecule is Fc1cc(-c2ccc(C3OCC(S)CO3)cc2)ccc1C(F)(F)F. The Kier molecular flexibility index (Phi) is 4.85. The van der Waals surface area contributed by atoms with Crippen LogP contribution in [0.2, 0.25) is 0 Å². The predicted octanol–water partition coefficient (Wildman–Crippen LogP) is 4.86. The standard InChI is InChI=1S/C17H14F4O2S/c18-15-7-12(5-6-14(15)17(19,20)21)10-1-3-11(4-2-10)16-22-8-13(24)9-23-16/h1-7,13,16,24H,8-9H2. The van der Waals surface area contributed by atoms with Gasteiger partial charge in [0.05, 0.1) is 18.8 Å². The number of alkyl halides is 3. The first-order valence-corrected chi connectivity index (χ1v) is 7.74. The lowest BCUT2D eigenvalue weighted by atomic mass is 10.0. The molecule has 128 valence electrons. The zero-order valence-electron chi connectivity index (χ0n) is 12.4. The Hall–Kier alpha value is -1.57. The highest BCUT2D eigenvalue weighted by Gasteiger charge is 2.34. The molecule has 1 aliphatic rings. The minimum Gasteiger partial charge on any atom is -0.347 e. The van der Waals surface area contributed by atoms with Gasteiger partial charge in [-0.15, -0.1) is 0 Å². The molecule has 24 heavy (non-hydrogen) atoms. The zero-order valence-corrected chi connectivity index (χ0v) is 13.3. The van der Waals surface area contributed by atoms with E-state index < -0.39 is 23.8 Å². The molecule has 0 saturated carbocycles. The van der Waals surface area contributed by atoms with Crippen molar-refractivity contribution in [3.05, 3.63) is 59.4 Å². The summed E-state index contributed by atoms with van der Waals surface area (Å²) in [5.74, 6) is -1.29. The first-order valence-electron chi connectivity index (χ1n) is 7.23. The van der Waals surface area contributed by atoms with Gasteiger partial charge < -0.3 is 9.47 Å². The van der Waals surface area contributed by atoms with Gasteiger partial charge in [0.1, 0.15) is 5.82 Å². The van der Waals surface area contributed by atoms with Crippen LogP contribution in [-0.2, 0) is 15.7 Å². The highest BCUT2D eigenvalue weighted by Crippen LogP contribution is 2.34. The van der Waals surface area contributed by atoms with Crippen LogP contribution in [-0.4, -0.2) is 18.5 Å². The van der Waals surface area contributed by atoms with Crippen LogP contribution in [0.15, 0.2) is 42.5 Å². The molecule has 0 atom stereocenters. The lowest BCUT2D eigenvalue weighted by Crippen LogP contribution is -2.27. The number of ether oxygens (including phenoxy) is 2. The van der Waals surface area contributed by atoms with Crippen LogP contribution in [0.25, 0.3) is 11.1 Å². The van der Waals surface area contributed by atoms with Gasteiger partial charge in [0.25, 0.3) is 0 Å². The molecule has 0 spiro atoms. The monoisotopic (exact) mass is 358 g/mol. The molecule has 3 rings (SSSR count). The smallest absolute Gasteiger partial charge is 0.347 e. The average Bonchev–Trinajstić information content (AvgIpc) is 2.54. The van der Waals surface area contributed by atoms with Gasteiger partial charge in [-0.1, -0.05) is 30.3 Å². The second-order valence-corrected chi connectivity index (χ2v) is 6.20. The van der Waals surface area contributed by atoms with E-state index in [-0.39, 0.29) is 5.25 Å². The van der Waals surface area contributed by atoms with Gasteiger partial charge in [0.2, 0.25) is 0 Å². The van der Waals surface area contributed by atoms with E-state index >= 15 is 0 Å². The molecular weight excluding hydrogens is 344 g/mol. The Bertz CT molecular complexity index is 708. The number of benzene rings is 2. The molecule has 7 heteroatoms. The van der Waals surface area contributed by atoms with Crippen LogP contribution in [0.3, 0.4) is 0 Å². The molecule has 0 radical (unpaired) electrons. The van der Waals surface area contributed by atoms with Crippen molar-refractivity contribution in [2.45, 2.75) is 17.7 Å². The fraction of sp³-hybridized carbons (Fsp3) is 0.294. The molecule has 1 fully saturated rings. The number of hydrogen-bond donors (Lipinski definition) is 1. The average molecular weight is 358 g/mol. The summed E-state index contributed by atoms with van der Waals surface area (Å²) in [6, 6.07) is 9.76. The maximum Gasteiger partial charge on any atom is 0.419 e. The maximum absolute atomic E-state index is 13.7. The van der Waals surface area contributed by atoms with Gasteiger partial charge in [-0.2, -0.15) is 25.8 Å². The Morgan fingerprint density at radius 3 is 2.04 bits per heavy atom. The van der Waals surface area contributed by atoms with Gasteiger partial charge in [-0.3, -0.25) is 0 Å². The highest BCUT2D eigenvalue weighted by atomic mass is 32.1. The molecule has 2 nitrogen and oxygen atoms in total. The van der Waals surface area contributed by atoms with Crippen LogP contribution in [0, 0.1) is 5.82 Å². The third-order valence-corrected chi connectivity index (χ3v) is 3.97. The molecule has 1 saturated heterocycles. The van der Waals surface area contributed by atoms with Crippen LogP contribution in [0.5, 0.6) is 0 Å². The number of hydrogen-bond acceptors (Lipinski definition) is 3. The fourth-order valence-electron chi connectivity index (χ4n) is 2.44. The minimum absolute atomic E-state index is 0.0376. The summed E-state index contributed by atoms with van der Waals surface area (Å²) >= 11 is 4.25. The van der Waals surface area contributed by atoms with E-state index in [9.17, 15) is 17.6 Å². The molecule has 0 aliphatic carbocycles. The van der Waals surface area contributed by atoms with Crippen LogP contribution in [0.1, 0.15) is 17.4 Å². The summed E-state index contributed by atoms with van der Waals surface area (Å²) in [4.78, 5) is 0. The molecule has 0 amide bonds. The van der Waals surface area contributed by atoms with E-state index in [1.54, 1.807) is 24.3 Å². The summed E-state index contributed by atoms with van der Waals surface area (Å²) in [5.41, 5.74) is 0.488. The minimum atomic E-state index is -4.70. The first-order chi connectivity index (χ1) is 11.3. The van der Waals surface area contributed by atoms with E-state index in [0.29, 0.717) is 24.3 Å². The van der Waals surface area contributed by atoms with Gasteiger partial charge in [-0.25, -0.2) is 4.39 Å². The Balaban J connectivity index is 1.80. The zero-order chi connectivity index (χ0) is 17.3. The quantitative estimate of drug-likeness (QED) is 0.611. The van der Waals surface area contributed by atoms with E-state index in [1.807, 2.05) is 0 Å². The summed E-state index contributed by atoms with van der Waals surface area (Å²) in [6.45, 7) is 0.944. The maximum atomic E-state index is 13.7. The van der Waals surface area contributed by atoms with Crippen LogP contribution >= 0.6 is 12.6 Å². The van der Waals surface area contributed by atoms with Gasteiger partial charge in [0, 0.05) is 10.8 Å². The van der Waals surface area contributed by atoms with Crippen molar-refractivity contribution in [2.75, 3.05) is 13.2 Å². The Morgan fingerprint density at radius 1 is 0.917 bits per heavy atom. The largest absolute Gasteiger partial charge is 0.419 e. The summed E-state index contributed by atoms with van der Waals surface area (Å²) in [5, 5.41) is 0.0376. The second-order valence-electron chi connectivity index (χ2n) is 5.47. The molecule has 2 aromatic carbocycles. The molecule has 2 aromatic rings. The third-order valence-electron chi connectivity index (χ3n) is 3.67. The predicted molar refractivity (Wildman–Crippen MR) is 84.3 cm³/mol. The summed E-state index contributed by atoms with van der Waals surface area (Å²) in [6.07, 6.45) is -5.20. The lowest BCUT2D eigenvalue weighted by molar-refractivity contribution is -0.179. The third kappa shape index (κ3) is 3.74. The summed E-state index contributed by atoms with van der Waals surface area (Å²) < 4.78 is 62.5. The normalized spacial score (nSPS) is 21.7. The summed E-state index contributed by atoms with van der Waals surface area (Å²) in [7, 11) is 0.